The molecule has 62 valence electrons. The third-order valence-electron chi connectivity index (χ3n) is 1.45. The van der Waals surface area contributed by atoms with Crippen LogP contribution in [-0.4, -0.2) is 20.6 Å². The van der Waals surface area contributed by atoms with E-state index < -0.39 is 0 Å². The van der Waals surface area contributed by atoms with Crippen LogP contribution in [-0.2, 0) is 0 Å². The molecule has 0 aliphatic rings. The average molecular weight is 160 g/mol. The van der Waals surface area contributed by atoms with Gasteiger partial charge in [-0.3, -0.25) is 0 Å². The maximum Gasteiger partial charge on any atom is 0.139 e. The molecule has 0 heterocycles. The largest absolute Gasteiger partial charge is 0.330 e. The highest BCUT2D eigenvalue weighted by Gasteiger charge is 1.84. The Morgan fingerprint density at radius 3 is 2.42 bits per heavy atom. The van der Waals surface area contributed by atoms with Crippen molar-refractivity contribution in [2.75, 3.05) is 20.6 Å². The van der Waals surface area contributed by atoms with Gasteiger partial charge in [0.15, 0.2) is 0 Å². The molecule has 1 N–H and O–H groups in total. The van der Waals surface area contributed by atoms with Gasteiger partial charge in [-0.15, -0.1) is 0 Å². The molecule has 0 radical (unpaired) electrons. The minimum absolute atomic E-state index is 0.898. The molecule has 0 saturated carbocycles. The van der Waals surface area contributed by atoms with E-state index in [1.807, 2.05) is 30.3 Å². The summed E-state index contributed by atoms with van der Waals surface area (Å²) in [5.41, 5.74) is 1.10. The van der Waals surface area contributed by atoms with Gasteiger partial charge >= 0.3 is 0 Å². The van der Waals surface area contributed by atoms with Crippen LogP contribution >= 0.6 is 0 Å². The molecule has 0 atom stereocenters. The Hall–Kier alpha value is -1.26. The van der Waals surface area contributed by atoms with E-state index in [2.05, 4.69) is 25.9 Å². The Morgan fingerprint density at radius 1 is 1.17 bits per heavy atom. The van der Waals surface area contributed by atoms with Crippen LogP contribution in [0.1, 0.15) is 5.56 Å². The molecule has 0 saturated heterocycles. The van der Waals surface area contributed by atoms with Gasteiger partial charge in [-0.05, 0) is 18.1 Å². The van der Waals surface area contributed by atoms with Gasteiger partial charge in [-0.25, -0.2) is 0 Å². The van der Waals surface area contributed by atoms with Crippen LogP contribution in [0.3, 0.4) is 0 Å². The van der Waals surface area contributed by atoms with Gasteiger partial charge in [-0.2, -0.15) is 0 Å². The summed E-state index contributed by atoms with van der Waals surface area (Å²) < 4.78 is 0. The smallest absolute Gasteiger partial charge is 0.139 e. The number of benzene rings is 1. The number of nitrogens with one attached hydrogen (secondary N) is 1. The highest BCUT2D eigenvalue weighted by atomic mass is 15.0. The Kier molecular flexibility index (Phi) is 3.37. The Labute approximate surface area is 74.0 Å². The lowest BCUT2D eigenvalue weighted by Gasteiger charge is -1.98. The molecule has 1 nitrogen and oxygen atoms in total. The maximum absolute atomic E-state index is 3.11. The molecule has 1 aromatic carbocycles. The highest BCUT2D eigenvalue weighted by Crippen LogP contribution is 1.93. The highest BCUT2D eigenvalue weighted by molar-refractivity contribution is 5.33. The summed E-state index contributed by atoms with van der Waals surface area (Å²) in [6.45, 7) is 0.898. The second kappa shape index (κ2) is 4.58. The third kappa shape index (κ3) is 3.23. The van der Waals surface area contributed by atoms with E-state index in [1.165, 1.54) is 4.90 Å². The molecular weight excluding hydrogens is 146 g/mol. The van der Waals surface area contributed by atoms with E-state index in [0.29, 0.717) is 0 Å². The zero-order chi connectivity index (χ0) is 8.81. The van der Waals surface area contributed by atoms with Crippen molar-refractivity contribution >= 4 is 0 Å². The van der Waals surface area contributed by atoms with Crippen molar-refractivity contribution in [1.29, 1.82) is 0 Å². The Morgan fingerprint density at radius 2 is 1.83 bits per heavy atom. The molecule has 0 aliphatic heterocycles. The first-order valence-corrected chi connectivity index (χ1v) is 4.12. The number of rotatable bonds is 1. The van der Waals surface area contributed by atoms with Crippen molar-refractivity contribution in [2.45, 2.75) is 0 Å². The van der Waals surface area contributed by atoms with Crippen molar-refractivity contribution in [3.8, 4) is 11.8 Å². The zero-order valence-corrected chi connectivity index (χ0v) is 7.59. The second-order valence-corrected chi connectivity index (χ2v) is 3.05. The summed E-state index contributed by atoms with van der Waals surface area (Å²) in [5, 5.41) is 0. The summed E-state index contributed by atoms with van der Waals surface area (Å²) in [5.74, 6) is 6.22. The molecule has 0 fully saturated rings. The molecule has 0 bridgehead atoms. The molecule has 0 aromatic heterocycles. The summed E-state index contributed by atoms with van der Waals surface area (Å²) in [6.07, 6.45) is 0. The normalized spacial score (nSPS) is 9.25. The molecular formula is C11H14N+. The first-order chi connectivity index (χ1) is 5.79. The lowest BCUT2D eigenvalue weighted by molar-refractivity contribution is -0.850. The van der Waals surface area contributed by atoms with Gasteiger partial charge in [0.05, 0.1) is 14.1 Å². The van der Waals surface area contributed by atoms with Crippen LogP contribution in [0.25, 0.3) is 0 Å². The van der Waals surface area contributed by atoms with Crippen molar-refractivity contribution in [3.63, 3.8) is 0 Å². The first kappa shape index (κ1) is 8.83. The van der Waals surface area contributed by atoms with Crippen LogP contribution in [0, 0.1) is 11.8 Å². The maximum atomic E-state index is 3.11. The molecule has 1 aromatic rings. The number of quaternary nitrogens is 1. The van der Waals surface area contributed by atoms with Crippen molar-refractivity contribution in [3.05, 3.63) is 35.9 Å². The van der Waals surface area contributed by atoms with Crippen molar-refractivity contribution < 1.29 is 4.90 Å². The summed E-state index contributed by atoms with van der Waals surface area (Å²) in [7, 11) is 4.19. The van der Waals surface area contributed by atoms with E-state index in [-0.39, 0.29) is 0 Å². The summed E-state index contributed by atoms with van der Waals surface area (Å²) >= 11 is 0. The van der Waals surface area contributed by atoms with Gasteiger partial charge < -0.3 is 4.90 Å². The third-order valence-corrected chi connectivity index (χ3v) is 1.45. The van der Waals surface area contributed by atoms with Crippen LogP contribution in [0.4, 0.5) is 0 Å². The molecule has 1 heteroatoms. The van der Waals surface area contributed by atoms with E-state index >= 15 is 0 Å². The van der Waals surface area contributed by atoms with E-state index in [0.717, 1.165) is 12.1 Å². The molecule has 0 unspecified atom stereocenters. The van der Waals surface area contributed by atoms with E-state index in [1.54, 1.807) is 0 Å². The van der Waals surface area contributed by atoms with Crippen LogP contribution in [0.2, 0.25) is 0 Å². The van der Waals surface area contributed by atoms with Crippen molar-refractivity contribution in [2.24, 2.45) is 0 Å². The van der Waals surface area contributed by atoms with Gasteiger partial charge in [-0.1, -0.05) is 24.1 Å². The fraction of sp³-hybridized carbons (Fsp3) is 0.273. The zero-order valence-electron chi connectivity index (χ0n) is 7.59. The van der Waals surface area contributed by atoms with Crippen molar-refractivity contribution in [1.82, 2.24) is 0 Å². The first-order valence-electron chi connectivity index (χ1n) is 4.12. The van der Waals surface area contributed by atoms with E-state index in [9.17, 15) is 0 Å². The van der Waals surface area contributed by atoms with E-state index in [4.69, 9.17) is 0 Å². The molecule has 12 heavy (non-hydrogen) atoms. The van der Waals surface area contributed by atoms with Gasteiger partial charge in [0.25, 0.3) is 0 Å². The van der Waals surface area contributed by atoms with Gasteiger partial charge in [0.2, 0.25) is 0 Å². The average Bonchev–Trinajstić information content (AvgIpc) is 2.05. The topological polar surface area (TPSA) is 4.44 Å². The molecule has 0 aliphatic carbocycles. The Bertz CT molecular complexity index is 277. The Balaban J connectivity index is 2.55. The van der Waals surface area contributed by atoms with Crippen LogP contribution < -0.4 is 4.90 Å². The minimum atomic E-state index is 0.898. The standard InChI is InChI=1S/C11H13N/c1-12(2)10-6-9-11-7-4-3-5-8-11/h3-5,7-8H,10H2,1-2H3/p+1. The van der Waals surface area contributed by atoms with Gasteiger partial charge in [0.1, 0.15) is 6.54 Å². The lowest BCUT2D eigenvalue weighted by Crippen LogP contribution is -3.05. The quantitative estimate of drug-likeness (QED) is 0.559. The van der Waals surface area contributed by atoms with Crippen LogP contribution in [0.5, 0.6) is 0 Å². The fourth-order valence-corrected chi connectivity index (χ4v) is 0.845. The molecule has 0 spiro atoms. The molecule has 1 rings (SSSR count). The minimum Gasteiger partial charge on any atom is -0.330 e. The predicted octanol–water partition coefficient (Wildman–Crippen LogP) is 0.183. The SMILES string of the molecule is C[NH+](C)CC#Cc1ccccc1. The second-order valence-electron chi connectivity index (χ2n) is 3.05. The number of hydrogen-bond donors (Lipinski definition) is 1. The fourth-order valence-electron chi connectivity index (χ4n) is 0.845. The summed E-state index contributed by atoms with van der Waals surface area (Å²) in [4.78, 5) is 1.36. The number of hydrogen-bond acceptors (Lipinski definition) is 0. The predicted molar refractivity (Wildman–Crippen MR) is 51.0 cm³/mol. The molecule has 0 amide bonds. The summed E-state index contributed by atoms with van der Waals surface area (Å²) in [6, 6.07) is 10.1. The van der Waals surface area contributed by atoms with Gasteiger partial charge in [0, 0.05) is 5.56 Å². The monoisotopic (exact) mass is 160 g/mol. The lowest BCUT2D eigenvalue weighted by atomic mass is 10.2. The van der Waals surface area contributed by atoms with Crippen LogP contribution in [0.15, 0.2) is 30.3 Å².